The first-order valence-electron chi connectivity index (χ1n) is 12.2. The summed E-state index contributed by atoms with van der Waals surface area (Å²) in [5.74, 6) is 0.578. The Morgan fingerprint density at radius 2 is 1.81 bits per heavy atom. The van der Waals surface area contributed by atoms with Crippen molar-refractivity contribution in [3.8, 4) is 17.0 Å². The molecule has 1 aliphatic rings. The van der Waals surface area contributed by atoms with Crippen LogP contribution in [0.2, 0.25) is 5.02 Å². The van der Waals surface area contributed by atoms with Crippen LogP contribution < -0.4 is 15.1 Å². The maximum absolute atomic E-state index is 12.9. The van der Waals surface area contributed by atoms with Crippen LogP contribution >= 0.6 is 11.6 Å². The molecule has 9 heteroatoms. The van der Waals surface area contributed by atoms with E-state index in [1.54, 1.807) is 13.3 Å². The van der Waals surface area contributed by atoms with Gasteiger partial charge in [-0.05, 0) is 42.8 Å². The molecule has 0 spiro atoms. The van der Waals surface area contributed by atoms with Crippen LogP contribution in [0.1, 0.15) is 21.7 Å². The van der Waals surface area contributed by atoms with Gasteiger partial charge in [-0.1, -0.05) is 35.9 Å². The number of carbonyl (C=O) groups is 1. The third kappa shape index (κ3) is 5.45. The van der Waals surface area contributed by atoms with Gasteiger partial charge in [0.25, 0.3) is 5.91 Å². The number of halogens is 1. The Morgan fingerprint density at radius 3 is 2.51 bits per heavy atom. The standard InChI is InChI=1S/C28H29ClN6O2/c1-20-22(19-33-13-15-34(16-14-33)25-5-3-4-6-27(25)37-2)17-26(21-7-9-23(29)10-8-21)35(20)32-28(36)24-18-30-11-12-31-24/h3-12,17-18H,13-16,19H2,1-2H3,(H,32,36). The molecule has 1 saturated heterocycles. The molecule has 0 saturated carbocycles. The topological polar surface area (TPSA) is 75.5 Å². The van der Waals surface area contributed by atoms with Gasteiger partial charge in [-0.2, -0.15) is 0 Å². The zero-order valence-electron chi connectivity index (χ0n) is 20.9. The first-order valence-corrected chi connectivity index (χ1v) is 12.6. The summed E-state index contributed by atoms with van der Waals surface area (Å²) in [7, 11) is 1.71. The minimum Gasteiger partial charge on any atom is -0.495 e. The van der Waals surface area contributed by atoms with Crippen LogP contribution in [-0.2, 0) is 6.54 Å². The van der Waals surface area contributed by atoms with Gasteiger partial charge in [0, 0.05) is 61.4 Å². The molecular weight excluding hydrogens is 488 g/mol. The van der Waals surface area contributed by atoms with Crippen LogP contribution in [0.25, 0.3) is 11.3 Å². The van der Waals surface area contributed by atoms with Gasteiger partial charge in [0.2, 0.25) is 0 Å². The SMILES string of the molecule is COc1ccccc1N1CCN(Cc2cc(-c3ccc(Cl)cc3)n(NC(=O)c3cnccn3)c2C)CC1. The second-order valence-corrected chi connectivity index (χ2v) is 9.39. The smallest absolute Gasteiger partial charge is 0.290 e. The van der Waals surface area contributed by atoms with Crippen molar-refractivity contribution in [2.45, 2.75) is 13.5 Å². The lowest BCUT2D eigenvalue weighted by molar-refractivity contribution is 0.100. The predicted molar refractivity (Wildman–Crippen MR) is 146 cm³/mol. The van der Waals surface area contributed by atoms with Gasteiger partial charge in [-0.15, -0.1) is 0 Å². The number of nitrogens with zero attached hydrogens (tertiary/aromatic N) is 5. The highest BCUT2D eigenvalue weighted by molar-refractivity contribution is 6.30. The third-order valence-electron chi connectivity index (χ3n) is 6.69. The number of carbonyl (C=O) groups excluding carboxylic acids is 1. The summed E-state index contributed by atoms with van der Waals surface area (Å²) < 4.78 is 7.39. The number of hydrogen-bond donors (Lipinski definition) is 1. The van der Waals surface area contributed by atoms with Gasteiger partial charge in [-0.3, -0.25) is 24.8 Å². The molecule has 37 heavy (non-hydrogen) atoms. The summed E-state index contributed by atoms with van der Waals surface area (Å²) in [4.78, 5) is 25.9. The number of benzene rings is 2. The monoisotopic (exact) mass is 516 g/mol. The van der Waals surface area contributed by atoms with Gasteiger partial charge >= 0.3 is 0 Å². The van der Waals surface area contributed by atoms with Gasteiger partial charge in [0.1, 0.15) is 11.4 Å². The van der Waals surface area contributed by atoms with Crippen molar-refractivity contribution < 1.29 is 9.53 Å². The second kappa shape index (κ2) is 11.0. The maximum atomic E-state index is 12.9. The zero-order chi connectivity index (χ0) is 25.8. The van der Waals surface area contributed by atoms with E-state index in [9.17, 15) is 4.79 Å². The Kier molecular flexibility index (Phi) is 7.39. The summed E-state index contributed by atoms with van der Waals surface area (Å²) in [6.45, 7) is 6.47. The summed E-state index contributed by atoms with van der Waals surface area (Å²) >= 11 is 6.13. The molecule has 0 atom stereocenters. The minimum absolute atomic E-state index is 0.256. The van der Waals surface area contributed by atoms with E-state index in [1.165, 1.54) is 12.4 Å². The molecule has 1 N–H and O–H groups in total. The Balaban J connectivity index is 1.36. The molecule has 0 radical (unpaired) electrons. The molecule has 1 fully saturated rings. The number of rotatable bonds is 7. The van der Waals surface area contributed by atoms with Crippen LogP contribution in [0.15, 0.2) is 73.2 Å². The van der Waals surface area contributed by atoms with Crippen molar-refractivity contribution in [2.75, 3.05) is 43.6 Å². The highest BCUT2D eigenvalue weighted by Gasteiger charge is 2.23. The molecule has 2 aromatic carbocycles. The minimum atomic E-state index is -0.320. The third-order valence-corrected chi connectivity index (χ3v) is 6.95. The Bertz CT molecular complexity index is 1370. The highest BCUT2D eigenvalue weighted by Crippen LogP contribution is 2.30. The van der Waals surface area contributed by atoms with Crippen LogP contribution in [0, 0.1) is 6.92 Å². The number of anilines is 1. The fraction of sp³-hybridized carbons (Fsp3) is 0.250. The molecule has 0 aliphatic carbocycles. The van der Waals surface area contributed by atoms with E-state index >= 15 is 0 Å². The summed E-state index contributed by atoms with van der Waals surface area (Å²) in [6.07, 6.45) is 4.51. The van der Waals surface area contributed by atoms with E-state index < -0.39 is 0 Å². The number of hydrogen-bond acceptors (Lipinski definition) is 6. The molecule has 3 heterocycles. The summed E-state index contributed by atoms with van der Waals surface area (Å²) in [5, 5.41) is 0.662. The number of nitrogens with one attached hydrogen (secondary N) is 1. The van der Waals surface area contributed by atoms with Gasteiger partial charge in [0.05, 0.1) is 24.7 Å². The number of aromatic nitrogens is 3. The fourth-order valence-electron chi connectivity index (χ4n) is 4.65. The van der Waals surface area contributed by atoms with E-state index in [-0.39, 0.29) is 11.6 Å². The quantitative estimate of drug-likeness (QED) is 0.386. The molecule has 5 rings (SSSR count). The average molecular weight is 517 g/mol. The Morgan fingerprint density at radius 1 is 1.05 bits per heavy atom. The van der Waals surface area contributed by atoms with Gasteiger partial charge in [-0.25, -0.2) is 4.98 Å². The fourth-order valence-corrected chi connectivity index (χ4v) is 4.78. The van der Waals surface area contributed by atoms with E-state index in [0.717, 1.165) is 66.7 Å². The average Bonchev–Trinajstić information content (AvgIpc) is 3.24. The summed E-state index contributed by atoms with van der Waals surface area (Å²) in [5.41, 5.74) is 8.35. The molecule has 0 bridgehead atoms. The number of para-hydroxylation sites is 2. The molecule has 8 nitrogen and oxygen atoms in total. The van der Waals surface area contributed by atoms with Crippen molar-refractivity contribution in [1.82, 2.24) is 19.5 Å². The molecule has 0 unspecified atom stereocenters. The lowest BCUT2D eigenvalue weighted by atomic mass is 10.1. The number of ether oxygens (including phenoxy) is 1. The first-order chi connectivity index (χ1) is 18.0. The number of amides is 1. The van der Waals surface area contributed by atoms with E-state index in [1.807, 2.05) is 54.1 Å². The number of piperazine rings is 1. The molecule has 2 aromatic heterocycles. The van der Waals surface area contributed by atoms with E-state index in [2.05, 4.69) is 37.3 Å². The van der Waals surface area contributed by atoms with Crippen molar-refractivity contribution in [3.63, 3.8) is 0 Å². The zero-order valence-corrected chi connectivity index (χ0v) is 21.7. The lowest BCUT2D eigenvalue weighted by Gasteiger charge is -2.36. The van der Waals surface area contributed by atoms with Crippen LogP contribution in [0.3, 0.4) is 0 Å². The predicted octanol–water partition coefficient (Wildman–Crippen LogP) is 4.62. The molecule has 1 aliphatic heterocycles. The van der Waals surface area contributed by atoms with Crippen molar-refractivity contribution >= 4 is 23.2 Å². The largest absolute Gasteiger partial charge is 0.495 e. The number of methoxy groups -OCH3 is 1. The van der Waals surface area contributed by atoms with Crippen molar-refractivity contribution in [3.05, 3.63) is 95.2 Å². The maximum Gasteiger partial charge on any atom is 0.290 e. The molecule has 190 valence electrons. The van der Waals surface area contributed by atoms with Crippen molar-refractivity contribution in [2.24, 2.45) is 0 Å². The van der Waals surface area contributed by atoms with Crippen LogP contribution in [-0.4, -0.2) is 58.7 Å². The normalized spacial score (nSPS) is 14.0. The van der Waals surface area contributed by atoms with Crippen molar-refractivity contribution in [1.29, 1.82) is 0 Å². The first kappa shape index (κ1) is 24.8. The van der Waals surface area contributed by atoms with E-state index in [0.29, 0.717) is 5.02 Å². The molecule has 1 amide bonds. The second-order valence-electron chi connectivity index (χ2n) is 8.95. The van der Waals surface area contributed by atoms with Crippen LogP contribution in [0.4, 0.5) is 5.69 Å². The van der Waals surface area contributed by atoms with Crippen LogP contribution in [0.5, 0.6) is 5.75 Å². The van der Waals surface area contributed by atoms with Gasteiger partial charge < -0.3 is 9.64 Å². The Hall–Kier alpha value is -3.88. The summed E-state index contributed by atoms with van der Waals surface area (Å²) in [6, 6.07) is 17.9. The molecule has 4 aromatic rings. The Labute approximate surface area is 221 Å². The van der Waals surface area contributed by atoms with E-state index in [4.69, 9.17) is 16.3 Å². The van der Waals surface area contributed by atoms with Gasteiger partial charge in [0.15, 0.2) is 0 Å². The molecular formula is C28H29ClN6O2. The highest BCUT2D eigenvalue weighted by atomic mass is 35.5. The lowest BCUT2D eigenvalue weighted by Crippen LogP contribution is -2.46.